The molecule has 1 aliphatic heterocycles. The smallest absolute Gasteiger partial charge is 0.0611 e. The van der Waals surface area contributed by atoms with Crippen molar-refractivity contribution in [2.24, 2.45) is 5.73 Å². The Morgan fingerprint density at radius 3 is 2.06 bits per heavy atom. The summed E-state index contributed by atoms with van der Waals surface area (Å²) in [5, 5.41) is 9.31. The number of hydrogen-bond acceptors (Lipinski definition) is 4. The predicted octanol–water partition coefficient (Wildman–Crippen LogP) is 0.00870. The van der Waals surface area contributed by atoms with Gasteiger partial charge in [-0.3, -0.25) is 9.80 Å². The largest absolute Gasteiger partial charge is 0.394 e. The molecule has 0 amide bonds. The zero-order valence-corrected chi connectivity index (χ0v) is 10.6. The molecule has 98 valence electrons. The van der Waals surface area contributed by atoms with E-state index in [9.17, 15) is 5.11 Å². The van der Waals surface area contributed by atoms with Crippen molar-refractivity contribution in [1.29, 1.82) is 0 Å². The summed E-state index contributed by atoms with van der Waals surface area (Å²) in [6, 6.07) is 1.53. The number of nitrogens with zero attached hydrogens (tertiary/aromatic N) is 2. The molecule has 0 aromatic rings. The molecule has 4 heteroatoms. The van der Waals surface area contributed by atoms with Crippen molar-refractivity contribution in [3.63, 3.8) is 0 Å². The van der Waals surface area contributed by atoms with Gasteiger partial charge in [0.05, 0.1) is 6.61 Å². The second-order valence-electron chi connectivity index (χ2n) is 6.22. The molecule has 3 N–H and O–H groups in total. The Kier molecular flexibility index (Phi) is 3.15. The van der Waals surface area contributed by atoms with Crippen molar-refractivity contribution < 1.29 is 5.11 Å². The van der Waals surface area contributed by atoms with Crippen molar-refractivity contribution >= 4 is 0 Å². The molecular weight excluding hydrogens is 214 g/mol. The van der Waals surface area contributed by atoms with E-state index in [1.165, 1.54) is 45.4 Å². The maximum absolute atomic E-state index is 9.31. The van der Waals surface area contributed by atoms with Gasteiger partial charge in [-0.05, 0) is 32.1 Å². The summed E-state index contributed by atoms with van der Waals surface area (Å²) in [4.78, 5) is 5.25. The molecule has 3 aliphatic rings. The van der Waals surface area contributed by atoms with Crippen LogP contribution in [0.25, 0.3) is 0 Å². The highest BCUT2D eigenvalue weighted by atomic mass is 16.3. The van der Waals surface area contributed by atoms with Gasteiger partial charge in [0, 0.05) is 43.8 Å². The summed E-state index contributed by atoms with van der Waals surface area (Å²) in [5.41, 5.74) is 5.86. The van der Waals surface area contributed by atoms with Crippen LogP contribution in [0, 0.1) is 0 Å². The van der Waals surface area contributed by atoms with Gasteiger partial charge in [-0.15, -0.1) is 0 Å². The third-order valence-corrected chi connectivity index (χ3v) is 4.86. The fourth-order valence-electron chi connectivity index (χ4n) is 3.49. The Bertz CT molecular complexity index is 274. The minimum absolute atomic E-state index is 0.144. The van der Waals surface area contributed by atoms with Crippen LogP contribution in [0.3, 0.4) is 0 Å². The molecule has 0 bridgehead atoms. The summed E-state index contributed by atoms with van der Waals surface area (Å²) in [7, 11) is 0. The monoisotopic (exact) mass is 239 g/mol. The van der Waals surface area contributed by atoms with Crippen molar-refractivity contribution in [3.05, 3.63) is 0 Å². The molecule has 2 aliphatic carbocycles. The molecule has 4 nitrogen and oxygen atoms in total. The van der Waals surface area contributed by atoms with Crippen molar-refractivity contribution in [2.75, 3.05) is 32.8 Å². The van der Waals surface area contributed by atoms with Gasteiger partial charge in [-0.25, -0.2) is 0 Å². The molecule has 0 radical (unpaired) electrons. The van der Waals surface area contributed by atoms with Crippen molar-refractivity contribution in [2.45, 2.75) is 49.7 Å². The van der Waals surface area contributed by atoms with Crippen LogP contribution in [-0.4, -0.2) is 65.3 Å². The van der Waals surface area contributed by atoms with Crippen LogP contribution in [0.15, 0.2) is 0 Å². The SMILES string of the molecule is NC1(CO)CCC(N2CCN(C3CC3)CC2)C1. The van der Waals surface area contributed by atoms with Crippen LogP contribution < -0.4 is 5.73 Å². The highest BCUT2D eigenvalue weighted by molar-refractivity contribution is 4.98. The number of rotatable bonds is 3. The third-order valence-electron chi connectivity index (χ3n) is 4.86. The predicted molar refractivity (Wildman–Crippen MR) is 67.8 cm³/mol. The third kappa shape index (κ3) is 2.50. The molecule has 1 saturated heterocycles. The minimum Gasteiger partial charge on any atom is -0.394 e. The first-order valence-corrected chi connectivity index (χ1v) is 7.08. The van der Waals surface area contributed by atoms with Gasteiger partial charge in [-0.1, -0.05) is 0 Å². The van der Waals surface area contributed by atoms with Crippen LogP contribution in [0.4, 0.5) is 0 Å². The van der Waals surface area contributed by atoms with Gasteiger partial charge in [0.15, 0.2) is 0 Å². The summed E-state index contributed by atoms with van der Waals surface area (Å²) < 4.78 is 0. The molecule has 2 unspecified atom stereocenters. The van der Waals surface area contributed by atoms with Gasteiger partial charge in [0.2, 0.25) is 0 Å². The molecule has 2 atom stereocenters. The standard InChI is InChI=1S/C13H25N3O/c14-13(10-17)4-3-12(9-13)16-7-5-15(6-8-16)11-1-2-11/h11-12,17H,1-10,14H2. The summed E-state index contributed by atoms with van der Waals surface area (Å²) in [6.45, 7) is 5.01. The maximum Gasteiger partial charge on any atom is 0.0611 e. The summed E-state index contributed by atoms with van der Waals surface area (Å²) in [6.07, 6.45) is 5.96. The van der Waals surface area contributed by atoms with Crippen LogP contribution >= 0.6 is 0 Å². The molecular formula is C13H25N3O. The van der Waals surface area contributed by atoms with E-state index in [0.29, 0.717) is 6.04 Å². The van der Waals surface area contributed by atoms with Crippen LogP contribution in [0.2, 0.25) is 0 Å². The quantitative estimate of drug-likeness (QED) is 0.728. The Labute approximate surface area is 104 Å². The Morgan fingerprint density at radius 2 is 1.59 bits per heavy atom. The number of hydrogen-bond donors (Lipinski definition) is 2. The van der Waals surface area contributed by atoms with Crippen LogP contribution in [0.1, 0.15) is 32.1 Å². The van der Waals surface area contributed by atoms with Gasteiger partial charge >= 0.3 is 0 Å². The number of aliphatic hydroxyl groups is 1. The normalized spacial score (nSPS) is 40.9. The van der Waals surface area contributed by atoms with E-state index < -0.39 is 0 Å². The molecule has 2 saturated carbocycles. The number of piperazine rings is 1. The first-order valence-electron chi connectivity index (χ1n) is 7.08. The Hall–Kier alpha value is -0.160. The molecule has 0 aromatic carbocycles. The topological polar surface area (TPSA) is 52.7 Å². The Balaban J connectivity index is 1.50. The lowest BCUT2D eigenvalue weighted by Gasteiger charge is -2.38. The molecule has 1 heterocycles. The molecule has 17 heavy (non-hydrogen) atoms. The lowest BCUT2D eigenvalue weighted by molar-refractivity contribution is 0.0879. The van der Waals surface area contributed by atoms with Crippen LogP contribution in [0.5, 0.6) is 0 Å². The fraction of sp³-hybridized carbons (Fsp3) is 1.00. The van der Waals surface area contributed by atoms with Gasteiger partial charge in [-0.2, -0.15) is 0 Å². The molecule has 3 fully saturated rings. The van der Waals surface area contributed by atoms with E-state index in [4.69, 9.17) is 5.73 Å². The Morgan fingerprint density at radius 1 is 1.00 bits per heavy atom. The van der Waals surface area contributed by atoms with E-state index in [2.05, 4.69) is 9.80 Å². The number of nitrogens with two attached hydrogens (primary N) is 1. The van der Waals surface area contributed by atoms with E-state index in [1.807, 2.05) is 0 Å². The average Bonchev–Trinajstić information content (AvgIpc) is 3.14. The van der Waals surface area contributed by atoms with E-state index in [0.717, 1.165) is 18.9 Å². The fourth-order valence-corrected chi connectivity index (χ4v) is 3.49. The highest BCUT2D eigenvalue weighted by Gasteiger charge is 2.39. The molecule has 3 rings (SSSR count). The minimum atomic E-state index is -0.293. The lowest BCUT2D eigenvalue weighted by Crippen LogP contribution is -2.51. The second kappa shape index (κ2) is 4.50. The summed E-state index contributed by atoms with van der Waals surface area (Å²) in [5.74, 6) is 0. The van der Waals surface area contributed by atoms with Crippen molar-refractivity contribution in [1.82, 2.24) is 9.80 Å². The van der Waals surface area contributed by atoms with Gasteiger partial charge in [0.25, 0.3) is 0 Å². The first kappa shape index (κ1) is 11.9. The molecule has 0 aromatic heterocycles. The number of aliphatic hydroxyl groups excluding tert-OH is 1. The second-order valence-corrected chi connectivity index (χ2v) is 6.22. The van der Waals surface area contributed by atoms with Crippen LogP contribution in [-0.2, 0) is 0 Å². The van der Waals surface area contributed by atoms with Gasteiger partial charge < -0.3 is 10.8 Å². The lowest BCUT2D eigenvalue weighted by atomic mass is 10.0. The maximum atomic E-state index is 9.31. The van der Waals surface area contributed by atoms with Gasteiger partial charge in [0.1, 0.15) is 0 Å². The molecule has 0 spiro atoms. The highest BCUT2D eigenvalue weighted by Crippen LogP contribution is 2.33. The summed E-state index contributed by atoms with van der Waals surface area (Å²) >= 11 is 0. The van der Waals surface area contributed by atoms with E-state index in [-0.39, 0.29) is 12.1 Å². The van der Waals surface area contributed by atoms with E-state index >= 15 is 0 Å². The van der Waals surface area contributed by atoms with Crippen molar-refractivity contribution in [3.8, 4) is 0 Å². The zero-order chi connectivity index (χ0) is 11.9. The zero-order valence-electron chi connectivity index (χ0n) is 10.6. The average molecular weight is 239 g/mol. The van der Waals surface area contributed by atoms with E-state index in [1.54, 1.807) is 0 Å². The first-order chi connectivity index (χ1) is 8.20.